The first kappa shape index (κ1) is 18.2. The van der Waals surface area contributed by atoms with Gasteiger partial charge in [0, 0.05) is 30.6 Å². The number of aliphatic hydroxyl groups is 1. The number of fused-ring (bicyclic) bond motifs is 1. The third-order valence-electron chi connectivity index (χ3n) is 4.88. The molecule has 1 aromatic carbocycles. The molecule has 2 unspecified atom stereocenters. The molecule has 0 aliphatic carbocycles. The molecule has 3 rings (SSSR count). The number of carbonyl (C=O) groups is 2. The lowest BCUT2D eigenvalue weighted by atomic mass is 9.99. The SMILES string of the molecule is CSC1(CO)NC(=O)C(Cc2c[nH]c3ccccc23)(SC)N(C)C1=O. The lowest BCUT2D eigenvalue weighted by Gasteiger charge is -2.49. The highest BCUT2D eigenvalue weighted by Gasteiger charge is 2.57. The summed E-state index contributed by atoms with van der Waals surface area (Å²) < 4.78 is 0. The highest BCUT2D eigenvalue weighted by Crippen LogP contribution is 2.40. The number of nitrogens with zero attached hydrogens (tertiary/aromatic N) is 1. The van der Waals surface area contributed by atoms with Crippen molar-refractivity contribution in [2.75, 3.05) is 26.2 Å². The number of likely N-dealkylation sites (N-methyl/N-ethyl adjacent to an activating group) is 1. The van der Waals surface area contributed by atoms with Crippen molar-refractivity contribution in [3.63, 3.8) is 0 Å². The first-order valence-electron chi connectivity index (χ1n) is 7.81. The van der Waals surface area contributed by atoms with Gasteiger partial charge in [0.2, 0.25) is 0 Å². The summed E-state index contributed by atoms with van der Waals surface area (Å²) in [4.78, 5) is 28.3. The van der Waals surface area contributed by atoms with Crippen LogP contribution in [0.4, 0.5) is 0 Å². The minimum atomic E-state index is -1.31. The molecule has 3 N–H and O–H groups in total. The van der Waals surface area contributed by atoms with E-state index in [-0.39, 0.29) is 11.8 Å². The normalized spacial score (nSPS) is 27.0. The maximum Gasteiger partial charge on any atom is 0.262 e. The lowest BCUT2D eigenvalue weighted by molar-refractivity contribution is -0.152. The number of amides is 2. The van der Waals surface area contributed by atoms with Crippen LogP contribution >= 0.6 is 23.5 Å². The van der Waals surface area contributed by atoms with Crippen molar-refractivity contribution in [3.05, 3.63) is 36.0 Å². The largest absolute Gasteiger partial charge is 0.392 e. The molecule has 2 heterocycles. The van der Waals surface area contributed by atoms with E-state index < -0.39 is 16.3 Å². The second kappa shape index (κ2) is 6.59. The second-order valence-electron chi connectivity index (χ2n) is 6.03. The minimum absolute atomic E-state index is 0.268. The van der Waals surface area contributed by atoms with Gasteiger partial charge in [-0.2, -0.15) is 0 Å². The predicted octanol–water partition coefficient (Wildman–Crippen LogP) is 1.41. The fraction of sp³-hybridized carbons (Fsp3) is 0.412. The van der Waals surface area contributed by atoms with Crippen LogP contribution in [-0.4, -0.2) is 62.7 Å². The van der Waals surface area contributed by atoms with Crippen molar-refractivity contribution in [1.29, 1.82) is 0 Å². The second-order valence-corrected chi connectivity index (χ2v) is 8.22. The van der Waals surface area contributed by atoms with Crippen molar-refractivity contribution in [1.82, 2.24) is 15.2 Å². The van der Waals surface area contributed by atoms with Crippen LogP contribution in [0.5, 0.6) is 0 Å². The summed E-state index contributed by atoms with van der Waals surface area (Å²) in [6.07, 6.45) is 5.79. The summed E-state index contributed by atoms with van der Waals surface area (Å²) in [5, 5.41) is 13.5. The molecule has 1 fully saturated rings. The zero-order valence-electron chi connectivity index (χ0n) is 14.3. The fourth-order valence-corrected chi connectivity index (χ4v) is 4.80. The number of rotatable bonds is 5. The highest BCUT2D eigenvalue weighted by atomic mass is 32.2. The van der Waals surface area contributed by atoms with Gasteiger partial charge in [-0.25, -0.2) is 0 Å². The molecule has 1 aliphatic rings. The summed E-state index contributed by atoms with van der Waals surface area (Å²) in [5.74, 6) is -0.563. The number of aromatic amines is 1. The zero-order chi connectivity index (χ0) is 18.2. The van der Waals surface area contributed by atoms with Crippen LogP contribution in [0.2, 0.25) is 0 Å². The molecule has 0 saturated carbocycles. The number of hydrogen-bond acceptors (Lipinski definition) is 5. The maximum atomic E-state index is 13.0. The zero-order valence-corrected chi connectivity index (χ0v) is 16.0. The number of aliphatic hydroxyl groups excluding tert-OH is 1. The van der Waals surface area contributed by atoms with Gasteiger partial charge < -0.3 is 20.3 Å². The van der Waals surface area contributed by atoms with Gasteiger partial charge in [-0.3, -0.25) is 9.59 Å². The van der Waals surface area contributed by atoms with Crippen LogP contribution in [0.1, 0.15) is 5.56 Å². The molecule has 6 nitrogen and oxygen atoms in total. The van der Waals surface area contributed by atoms with Gasteiger partial charge in [0.1, 0.15) is 0 Å². The molecule has 2 aromatic rings. The number of hydrogen-bond donors (Lipinski definition) is 3. The standard InChI is InChI=1S/C17H21N3O3S2/c1-20-15(23)16(10-21,24-2)19-14(22)17(20,25-3)8-11-9-18-13-7-5-4-6-12(11)13/h4-7,9,18,21H,8,10H2,1-3H3,(H,19,22). The van der Waals surface area contributed by atoms with Gasteiger partial charge in [0.15, 0.2) is 9.74 Å². The molecule has 8 heteroatoms. The third kappa shape index (κ3) is 2.63. The van der Waals surface area contributed by atoms with E-state index in [4.69, 9.17) is 0 Å². The first-order valence-corrected chi connectivity index (χ1v) is 10.3. The number of nitrogens with one attached hydrogen (secondary N) is 2. The average molecular weight is 380 g/mol. The number of para-hydroxylation sites is 1. The molecular weight excluding hydrogens is 358 g/mol. The van der Waals surface area contributed by atoms with Crippen LogP contribution < -0.4 is 5.32 Å². The quantitative estimate of drug-likeness (QED) is 0.731. The van der Waals surface area contributed by atoms with Crippen molar-refractivity contribution < 1.29 is 14.7 Å². The molecule has 0 radical (unpaired) electrons. The lowest BCUT2D eigenvalue weighted by Crippen LogP contribution is -2.74. The van der Waals surface area contributed by atoms with Gasteiger partial charge in [-0.1, -0.05) is 18.2 Å². The van der Waals surface area contributed by atoms with E-state index in [2.05, 4.69) is 10.3 Å². The molecule has 1 aromatic heterocycles. The van der Waals surface area contributed by atoms with Gasteiger partial charge in [0.25, 0.3) is 11.8 Å². The van der Waals surface area contributed by atoms with E-state index in [0.29, 0.717) is 6.42 Å². The molecule has 0 bridgehead atoms. The Kier molecular flexibility index (Phi) is 4.78. The van der Waals surface area contributed by atoms with Crippen molar-refractivity contribution in [2.45, 2.75) is 16.2 Å². The van der Waals surface area contributed by atoms with Crippen molar-refractivity contribution in [3.8, 4) is 0 Å². The smallest absolute Gasteiger partial charge is 0.262 e. The van der Waals surface area contributed by atoms with E-state index >= 15 is 0 Å². The Morgan fingerprint density at radius 2 is 1.92 bits per heavy atom. The average Bonchev–Trinajstić information content (AvgIpc) is 3.05. The summed E-state index contributed by atoms with van der Waals surface area (Å²) in [5.41, 5.74) is 1.97. The van der Waals surface area contributed by atoms with E-state index in [1.165, 1.54) is 16.7 Å². The van der Waals surface area contributed by atoms with E-state index in [0.717, 1.165) is 28.2 Å². The maximum absolute atomic E-state index is 13.0. The van der Waals surface area contributed by atoms with Gasteiger partial charge in [0.05, 0.1) is 6.61 Å². The molecular formula is C17H21N3O3S2. The number of carbonyl (C=O) groups excluding carboxylic acids is 2. The Balaban J connectivity index is 2.03. The first-order chi connectivity index (χ1) is 11.9. The monoisotopic (exact) mass is 379 g/mol. The Hall–Kier alpha value is -1.64. The third-order valence-corrected chi connectivity index (χ3v) is 7.26. The molecule has 1 aliphatic heterocycles. The molecule has 1 saturated heterocycles. The van der Waals surface area contributed by atoms with Gasteiger partial charge >= 0.3 is 0 Å². The van der Waals surface area contributed by atoms with Crippen molar-refractivity contribution in [2.24, 2.45) is 0 Å². The summed E-state index contributed by atoms with van der Waals surface area (Å²) >= 11 is 2.47. The number of benzene rings is 1. The summed E-state index contributed by atoms with van der Waals surface area (Å²) in [6.45, 7) is -0.444. The fourth-order valence-electron chi connectivity index (χ4n) is 3.27. The van der Waals surface area contributed by atoms with Crippen LogP contribution in [0.3, 0.4) is 0 Å². The van der Waals surface area contributed by atoms with Gasteiger partial charge in [-0.15, -0.1) is 23.5 Å². The molecule has 2 atom stereocenters. The van der Waals surface area contributed by atoms with Crippen LogP contribution in [0.25, 0.3) is 10.9 Å². The predicted molar refractivity (Wildman–Crippen MR) is 102 cm³/mol. The summed E-state index contributed by atoms with van der Waals surface area (Å²) in [7, 11) is 1.63. The minimum Gasteiger partial charge on any atom is -0.392 e. The molecule has 0 spiro atoms. The Bertz CT molecular complexity index is 818. The number of aromatic nitrogens is 1. The van der Waals surface area contributed by atoms with E-state index in [1.54, 1.807) is 13.3 Å². The van der Waals surface area contributed by atoms with Crippen LogP contribution in [0, 0.1) is 0 Å². The molecule has 25 heavy (non-hydrogen) atoms. The Morgan fingerprint density at radius 3 is 2.56 bits per heavy atom. The molecule has 134 valence electrons. The highest BCUT2D eigenvalue weighted by molar-refractivity contribution is 8.01. The Labute approximate surface area is 154 Å². The topological polar surface area (TPSA) is 85.4 Å². The van der Waals surface area contributed by atoms with E-state index in [1.807, 2.05) is 36.7 Å². The summed E-state index contributed by atoms with van der Waals surface area (Å²) in [6, 6.07) is 7.87. The number of H-pyrrole nitrogens is 1. The van der Waals surface area contributed by atoms with Crippen LogP contribution in [-0.2, 0) is 16.0 Å². The molecule has 2 amide bonds. The van der Waals surface area contributed by atoms with E-state index in [9.17, 15) is 14.7 Å². The Morgan fingerprint density at radius 1 is 1.20 bits per heavy atom. The van der Waals surface area contributed by atoms with Crippen LogP contribution in [0.15, 0.2) is 30.5 Å². The number of piperazine rings is 1. The van der Waals surface area contributed by atoms with Crippen molar-refractivity contribution >= 4 is 46.2 Å². The number of thioether (sulfide) groups is 2. The van der Waals surface area contributed by atoms with Gasteiger partial charge in [-0.05, 0) is 24.1 Å².